The molecule has 0 atom stereocenters. The summed E-state index contributed by atoms with van der Waals surface area (Å²) in [5.74, 6) is 0. The van der Waals surface area contributed by atoms with Crippen LogP contribution in [-0.2, 0) is 6.54 Å². The van der Waals surface area contributed by atoms with Crippen LogP contribution in [0.5, 0.6) is 0 Å². The molecule has 0 unspecified atom stereocenters. The number of nitrogens with zero attached hydrogens (tertiary/aromatic N) is 2. The van der Waals surface area contributed by atoms with Crippen LogP contribution < -0.4 is 10.6 Å². The van der Waals surface area contributed by atoms with Gasteiger partial charge in [0.25, 0.3) is 0 Å². The summed E-state index contributed by atoms with van der Waals surface area (Å²) in [5.41, 5.74) is 3.83. The Labute approximate surface area is 138 Å². The van der Waals surface area contributed by atoms with E-state index in [4.69, 9.17) is 11.6 Å². The summed E-state index contributed by atoms with van der Waals surface area (Å²) in [5, 5.41) is 6.07. The Hall–Kier alpha value is -2.66. The third kappa shape index (κ3) is 3.76. The minimum atomic E-state index is -0.318. The van der Waals surface area contributed by atoms with Crippen LogP contribution in [0.1, 0.15) is 11.4 Å². The summed E-state index contributed by atoms with van der Waals surface area (Å²) in [6.07, 6.45) is 0. The lowest BCUT2D eigenvalue weighted by atomic mass is 10.2. The van der Waals surface area contributed by atoms with Gasteiger partial charge in [-0.25, -0.2) is 14.8 Å². The number of rotatable bonds is 3. The van der Waals surface area contributed by atoms with Gasteiger partial charge in [-0.1, -0.05) is 29.8 Å². The number of hydrogen-bond donors (Lipinski definition) is 2. The van der Waals surface area contributed by atoms with E-state index in [9.17, 15) is 4.79 Å². The summed E-state index contributed by atoms with van der Waals surface area (Å²) >= 11 is 5.89. The normalized spacial score (nSPS) is 10.5. The molecule has 0 fully saturated rings. The molecule has 1 heterocycles. The van der Waals surface area contributed by atoms with Gasteiger partial charge in [0.15, 0.2) is 0 Å². The summed E-state index contributed by atoms with van der Waals surface area (Å²) in [6.45, 7) is 2.18. The van der Waals surface area contributed by atoms with Crippen LogP contribution in [0.25, 0.3) is 11.0 Å². The van der Waals surface area contributed by atoms with E-state index in [1.807, 2.05) is 31.2 Å². The molecule has 3 rings (SSSR count). The molecule has 6 heteroatoms. The van der Waals surface area contributed by atoms with Crippen LogP contribution in [0, 0.1) is 6.92 Å². The van der Waals surface area contributed by atoms with Gasteiger partial charge in [0.1, 0.15) is 0 Å². The highest BCUT2D eigenvalue weighted by Gasteiger charge is 2.07. The van der Waals surface area contributed by atoms with E-state index in [1.54, 1.807) is 24.3 Å². The van der Waals surface area contributed by atoms with Crippen molar-refractivity contribution in [2.45, 2.75) is 13.5 Å². The molecule has 2 amide bonds. The Morgan fingerprint density at radius 2 is 1.83 bits per heavy atom. The van der Waals surface area contributed by atoms with Crippen molar-refractivity contribution in [3.63, 3.8) is 0 Å². The van der Waals surface area contributed by atoms with E-state index in [0.717, 1.165) is 22.4 Å². The molecular weight excluding hydrogens is 312 g/mol. The van der Waals surface area contributed by atoms with Crippen LogP contribution in [0.2, 0.25) is 5.02 Å². The number of fused-ring (bicyclic) bond motifs is 1. The zero-order valence-corrected chi connectivity index (χ0v) is 13.3. The average molecular weight is 327 g/mol. The van der Waals surface area contributed by atoms with Crippen molar-refractivity contribution in [2.75, 3.05) is 5.32 Å². The minimum absolute atomic E-state index is 0.302. The molecule has 0 aliphatic carbocycles. The molecule has 116 valence electrons. The van der Waals surface area contributed by atoms with Crippen molar-refractivity contribution in [1.82, 2.24) is 15.3 Å². The van der Waals surface area contributed by atoms with Crippen LogP contribution in [0.15, 0.2) is 48.5 Å². The van der Waals surface area contributed by atoms with Crippen molar-refractivity contribution in [3.05, 3.63) is 64.9 Å². The Morgan fingerprint density at radius 3 is 2.57 bits per heavy atom. The standard InChI is InChI=1S/C17H15ClN4O/c1-11-16(22-15-8-3-2-7-14(15)20-11)10-19-17(23)21-13-6-4-5-12(18)9-13/h2-9H,10H2,1H3,(H2,19,21,23). The molecule has 0 saturated carbocycles. The molecule has 0 radical (unpaired) electrons. The fourth-order valence-electron chi connectivity index (χ4n) is 2.20. The van der Waals surface area contributed by atoms with E-state index in [1.165, 1.54) is 0 Å². The number of carbonyl (C=O) groups excluding carboxylic acids is 1. The summed E-state index contributed by atoms with van der Waals surface area (Å²) < 4.78 is 0. The number of anilines is 1. The quantitative estimate of drug-likeness (QED) is 0.766. The molecule has 2 aromatic carbocycles. The lowest BCUT2D eigenvalue weighted by Gasteiger charge is -2.09. The molecule has 5 nitrogen and oxygen atoms in total. The van der Waals surface area contributed by atoms with Crippen LogP contribution in [0.3, 0.4) is 0 Å². The van der Waals surface area contributed by atoms with Crippen molar-refractivity contribution in [2.24, 2.45) is 0 Å². The first-order valence-electron chi connectivity index (χ1n) is 7.14. The maximum atomic E-state index is 12.0. The first-order chi connectivity index (χ1) is 11.1. The van der Waals surface area contributed by atoms with E-state index in [-0.39, 0.29) is 6.03 Å². The number of nitrogens with one attached hydrogen (secondary N) is 2. The predicted molar refractivity (Wildman–Crippen MR) is 91.6 cm³/mol. The molecule has 23 heavy (non-hydrogen) atoms. The van der Waals surface area contributed by atoms with Gasteiger partial charge in [-0.3, -0.25) is 0 Å². The fraction of sp³-hybridized carbons (Fsp3) is 0.118. The number of halogens is 1. The van der Waals surface area contributed by atoms with Gasteiger partial charge in [-0.2, -0.15) is 0 Å². The van der Waals surface area contributed by atoms with Gasteiger partial charge in [-0.05, 0) is 37.3 Å². The maximum absolute atomic E-state index is 12.0. The van der Waals surface area contributed by atoms with Gasteiger partial charge in [0.2, 0.25) is 0 Å². The summed E-state index contributed by atoms with van der Waals surface area (Å²) in [4.78, 5) is 21.0. The lowest BCUT2D eigenvalue weighted by molar-refractivity contribution is 0.251. The SMILES string of the molecule is Cc1nc2ccccc2nc1CNC(=O)Nc1cccc(Cl)c1. The number of aromatic nitrogens is 2. The summed E-state index contributed by atoms with van der Waals surface area (Å²) in [6, 6.07) is 14.3. The molecular formula is C17H15ClN4O. The minimum Gasteiger partial charge on any atom is -0.332 e. The fourth-order valence-corrected chi connectivity index (χ4v) is 2.39. The Morgan fingerprint density at radius 1 is 1.09 bits per heavy atom. The highest BCUT2D eigenvalue weighted by molar-refractivity contribution is 6.30. The van der Waals surface area contributed by atoms with Gasteiger partial charge in [0.05, 0.1) is 29.0 Å². The zero-order chi connectivity index (χ0) is 16.2. The van der Waals surface area contributed by atoms with Crippen molar-refractivity contribution < 1.29 is 4.79 Å². The molecule has 0 saturated heterocycles. The van der Waals surface area contributed by atoms with Crippen LogP contribution in [0.4, 0.5) is 10.5 Å². The van der Waals surface area contributed by atoms with Crippen molar-refractivity contribution in [3.8, 4) is 0 Å². The number of para-hydroxylation sites is 2. The largest absolute Gasteiger partial charge is 0.332 e. The number of carbonyl (C=O) groups is 1. The van der Waals surface area contributed by atoms with Crippen LogP contribution >= 0.6 is 11.6 Å². The summed E-state index contributed by atoms with van der Waals surface area (Å²) in [7, 11) is 0. The van der Waals surface area contributed by atoms with E-state index in [0.29, 0.717) is 17.3 Å². The van der Waals surface area contributed by atoms with Gasteiger partial charge in [0, 0.05) is 10.7 Å². The van der Waals surface area contributed by atoms with E-state index in [2.05, 4.69) is 20.6 Å². The molecule has 0 spiro atoms. The van der Waals surface area contributed by atoms with Crippen molar-refractivity contribution in [1.29, 1.82) is 0 Å². The van der Waals surface area contributed by atoms with Gasteiger partial charge < -0.3 is 10.6 Å². The smallest absolute Gasteiger partial charge is 0.319 e. The molecule has 1 aromatic heterocycles. The number of amides is 2. The third-order valence-electron chi connectivity index (χ3n) is 3.34. The monoisotopic (exact) mass is 326 g/mol. The zero-order valence-electron chi connectivity index (χ0n) is 12.5. The first kappa shape index (κ1) is 15.2. The maximum Gasteiger partial charge on any atom is 0.319 e. The average Bonchev–Trinajstić information content (AvgIpc) is 2.53. The number of benzene rings is 2. The Kier molecular flexibility index (Phi) is 4.39. The highest BCUT2D eigenvalue weighted by Crippen LogP contribution is 2.15. The second-order valence-corrected chi connectivity index (χ2v) is 5.50. The predicted octanol–water partition coefficient (Wildman–Crippen LogP) is 3.91. The number of urea groups is 1. The Bertz CT molecular complexity index is 866. The highest BCUT2D eigenvalue weighted by atomic mass is 35.5. The van der Waals surface area contributed by atoms with E-state index < -0.39 is 0 Å². The number of hydrogen-bond acceptors (Lipinski definition) is 3. The van der Waals surface area contributed by atoms with Gasteiger partial charge >= 0.3 is 6.03 Å². The van der Waals surface area contributed by atoms with Crippen LogP contribution in [-0.4, -0.2) is 16.0 Å². The van der Waals surface area contributed by atoms with E-state index >= 15 is 0 Å². The topological polar surface area (TPSA) is 66.9 Å². The third-order valence-corrected chi connectivity index (χ3v) is 3.58. The van der Waals surface area contributed by atoms with Gasteiger partial charge in [-0.15, -0.1) is 0 Å². The second kappa shape index (κ2) is 6.62. The molecule has 0 bridgehead atoms. The first-order valence-corrected chi connectivity index (χ1v) is 7.52. The van der Waals surface area contributed by atoms with Crippen molar-refractivity contribution >= 4 is 34.4 Å². The molecule has 0 aliphatic heterocycles. The molecule has 2 N–H and O–H groups in total. The number of aryl methyl sites for hydroxylation is 1. The lowest BCUT2D eigenvalue weighted by Crippen LogP contribution is -2.29. The second-order valence-electron chi connectivity index (χ2n) is 5.06. The molecule has 3 aromatic rings. The Balaban J connectivity index is 1.68. The molecule has 0 aliphatic rings.